The molecule has 104 valence electrons. The smallest absolute Gasteiger partial charge is 0.310 e. The summed E-state index contributed by atoms with van der Waals surface area (Å²) in [6.07, 6.45) is 2.94. The molecule has 2 rings (SSSR count). The summed E-state index contributed by atoms with van der Waals surface area (Å²) in [6.45, 7) is 5.41. The number of likely N-dealkylation sites (tertiary alicyclic amines) is 1. The molecule has 1 aliphatic rings. The van der Waals surface area contributed by atoms with Crippen molar-refractivity contribution in [3.05, 3.63) is 35.9 Å². The molecule has 1 aliphatic heterocycles. The van der Waals surface area contributed by atoms with Gasteiger partial charge in [-0.05, 0) is 31.4 Å². The number of ether oxygens (including phenoxy) is 1. The Morgan fingerprint density at radius 2 is 2.16 bits per heavy atom. The second-order valence-electron chi connectivity index (χ2n) is 5.23. The topological polar surface area (TPSA) is 29.5 Å². The minimum Gasteiger partial charge on any atom is -0.465 e. The SMILES string of the molecule is CCCOC(=O)[C@H]1CCCN(Cc2ccccc2)C1. The van der Waals surface area contributed by atoms with Gasteiger partial charge in [-0.1, -0.05) is 37.3 Å². The van der Waals surface area contributed by atoms with E-state index >= 15 is 0 Å². The number of carbonyl (C=O) groups is 1. The first-order valence-electron chi connectivity index (χ1n) is 7.22. The van der Waals surface area contributed by atoms with Crippen LogP contribution in [0.1, 0.15) is 31.7 Å². The fraction of sp³-hybridized carbons (Fsp3) is 0.562. The zero-order valence-corrected chi connectivity index (χ0v) is 11.7. The van der Waals surface area contributed by atoms with Crippen LogP contribution in [0.2, 0.25) is 0 Å². The van der Waals surface area contributed by atoms with Crippen molar-refractivity contribution in [3.8, 4) is 0 Å². The van der Waals surface area contributed by atoms with Crippen LogP contribution in [0.4, 0.5) is 0 Å². The third-order valence-electron chi connectivity index (χ3n) is 3.54. The van der Waals surface area contributed by atoms with E-state index in [1.165, 1.54) is 5.56 Å². The lowest BCUT2D eigenvalue weighted by Gasteiger charge is -2.31. The number of piperidine rings is 1. The first-order valence-corrected chi connectivity index (χ1v) is 7.22. The van der Waals surface area contributed by atoms with E-state index in [0.29, 0.717) is 6.61 Å². The van der Waals surface area contributed by atoms with Crippen molar-refractivity contribution in [1.82, 2.24) is 4.90 Å². The quantitative estimate of drug-likeness (QED) is 0.763. The van der Waals surface area contributed by atoms with Gasteiger partial charge in [-0.3, -0.25) is 9.69 Å². The zero-order chi connectivity index (χ0) is 13.5. The Kier molecular flexibility index (Phi) is 5.40. The van der Waals surface area contributed by atoms with E-state index in [4.69, 9.17) is 4.74 Å². The van der Waals surface area contributed by atoms with Crippen LogP contribution >= 0.6 is 0 Å². The summed E-state index contributed by atoms with van der Waals surface area (Å²) in [7, 11) is 0. The molecule has 1 fully saturated rings. The molecule has 0 unspecified atom stereocenters. The Labute approximate surface area is 115 Å². The lowest BCUT2D eigenvalue weighted by molar-refractivity contribution is -0.150. The molecule has 3 heteroatoms. The summed E-state index contributed by atoms with van der Waals surface area (Å²) in [5.41, 5.74) is 1.31. The van der Waals surface area contributed by atoms with Crippen molar-refractivity contribution < 1.29 is 9.53 Å². The Balaban J connectivity index is 1.85. The lowest BCUT2D eigenvalue weighted by atomic mass is 9.98. The number of esters is 1. The molecule has 1 aromatic rings. The van der Waals surface area contributed by atoms with Crippen molar-refractivity contribution >= 4 is 5.97 Å². The van der Waals surface area contributed by atoms with Crippen LogP contribution in [0, 0.1) is 5.92 Å². The molecule has 1 heterocycles. The van der Waals surface area contributed by atoms with Gasteiger partial charge in [0.15, 0.2) is 0 Å². The molecule has 0 N–H and O–H groups in total. The first-order chi connectivity index (χ1) is 9.29. The molecule has 1 saturated heterocycles. The fourth-order valence-electron chi connectivity index (χ4n) is 2.55. The van der Waals surface area contributed by atoms with Crippen molar-refractivity contribution in [2.24, 2.45) is 5.92 Å². The molecular weight excluding hydrogens is 238 g/mol. The highest BCUT2D eigenvalue weighted by Gasteiger charge is 2.26. The van der Waals surface area contributed by atoms with E-state index < -0.39 is 0 Å². The standard InChI is InChI=1S/C16H23NO2/c1-2-11-19-16(18)15-9-6-10-17(13-15)12-14-7-4-3-5-8-14/h3-5,7-8,15H,2,6,9-13H2,1H3/t15-/m0/s1. The van der Waals surface area contributed by atoms with Gasteiger partial charge in [-0.15, -0.1) is 0 Å². The van der Waals surface area contributed by atoms with Gasteiger partial charge >= 0.3 is 5.97 Å². The summed E-state index contributed by atoms with van der Waals surface area (Å²) in [4.78, 5) is 14.3. The predicted octanol–water partition coefficient (Wildman–Crippen LogP) is 2.85. The van der Waals surface area contributed by atoms with Gasteiger partial charge in [-0.2, -0.15) is 0 Å². The third kappa shape index (κ3) is 4.35. The summed E-state index contributed by atoms with van der Waals surface area (Å²) < 4.78 is 5.26. The van der Waals surface area contributed by atoms with E-state index in [0.717, 1.165) is 38.9 Å². The van der Waals surface area contributed by atoms with Crippen LogP contribution in [0.25, 0.3) is 0 Å². The van der Waals surface area contributed by atoms with Gasteiger partial charge in [0.1, 0.15) is 0 Å². The highest BCUT2D eigenvalue weighted by Crippen LogP contribution is 2.19. The molecule has 3 nitrogen and oxygen atoms in total. The minimum atomic E-state index is -0.0142. The Bertz CT molecular complexity index is 391. The molecule has 19 heavy (non-hydrogen) atoms. The van der Waals surface area contributed by atoms with E-state index in [1.54, 1.807) is 0 Å². The van der Waals surface area contributed by atoms with Gasteiger partial charge in [0, 0.05) is 13.1 Å². The maximum absolute atomic E-state index is 11.9. The van der Waals surface area contributed by atoms with Crippen LogP contribution in [0.5, 0.6) is 0 Å². The number of benzene rings is 1. The summed E-state index contributed by atoms with van der Waals surface area (Å²) in [6, 6.07) is 10.4. The molecule has 1 aromatic carbocycles. The third-order valence-corrected chi connectivity index (χ3v) is 3.54. The van der Waals surface area contributed by atoms with Crippen LogP contribution < -0.4 is 0 Å². The molecule has 0 radical (unpaired) electrons. The number of nitrogens with zero attached hydrogens (tertiary/aromatic N) is 1. The van der Waals surface area contributed by atoms with E-state index in [9.17, 15) is 4.79 Å². The van der Waals surface area contributed by atoms with Crippen LogP contribution in [0.3, 0.4) is 0 Å². The first kappa shape index (κ1) is 14.1. The van der Waals surface area contributed by atoms with Gasteiger partial charge in [0.2, 0.25) is 0 Å². The maximum atomic E-state index is 11.9. The second kappa shape index (κ2) is 7.29. The van der Waals surface area contributed by atoms with Crippen molar-refractivity contribution in [3.63, 3.8) is 0 Å². The van der Waals surface area contributed by atoms with Crippen LogP contribution in [0.15, 0.2) is 30.3 Å². The zero-order valence-electron chi connectivity index (χ0n) is 11.7. The predicted molar refractivity (Wildman–Crippen MR) is 75.7 cm³/mol. The largest absolute Gasteiger partial charge is 0.465 e. The van der Waals surface area contributed by atoms with E-state index in [2.05, 4.69) is 29.2 Å². The summed E-state index contributed by atoms with van der Waals surface area (Å²) >= 11 is 0. The Morgan fingerprint density at radius 1 is 1.37 bits per heavy atom. The highest BCUT2D eigenvalue weighted by atomic mass is 16.5. The van der Waals surface area contributed by atoms with Crippen molar-refractivity contribution in [1.29, 1.82) is 0 Å². The highest BCUT2D eigenvalue weighted by molar-refractivity contribution is 5.72. The molecule has 0 saturated carbocycles. The summed E-state index contributed by atoms with van der Waals surface area (Å²) in [5.74, 6) is 0.0450. The molecule has 0 aromatic heterocycles. The lowest BCUT2D eigenvalue weighted by Crippen LogP contribution is -2.38. The fourth-order valence-corrected chi connectivity index (χ4v) is 2.55. The molecule has 0 bridgehead atoms. The normalized spacial score (nSPS) is 20.2. The number of carbonyl (C=O) groups excluding carboxylic acids is 1. The monoisotopic (exact) mass is 261 g/mol. The van der Waals surface area contributed by atoms with Gasteiger partial charge in [0.05, 0.1) is 12.5 Å². The number of rotatable bonds is 5. The minimum absolute atomic E-state index is 0.0142. The Hall–Kier alpha value is -1.35. The average Bonchev–Trinajstić information content (AvgIpc) is 2.46. The number of hydrogen-bond acceptors (Lipinski definition) is 3. The van der Waals surface area contributed by atoms with Gasteiger partial charge in [-0.25, -0.2) is 0 Å². The second-order valence-corrected chi connectivity index (χ2v) is 5.23. The van der Waals surface area contributed by atoms with Gasteiger partial charge < -0.3 is 4.74 Å². The van der Waals surface area contributed by atoms with Crippen molar-refractivity contribution in [2.45, 2.75) is 32.7 Å². The van der Waals surface area contributed by atoms with Crippen LogP contribution in [-0.2, 0) is 16.1 Å². The summed E-state index contributed by atoms with van der Waals surface area (Å²) in [5, 5.41) is 0. The molecular formula is C16H23NO2. The molecule has 1 atom stereocenters. The van der Waals surface area contributed by atoms with Crippen LogP contribution in [-0.4, -0.2) is 30.6 Å². The van der Waals surface area contributed by atoms with Crippen molar-refractivity contribution in [2.75, 3.05) is 19.7 Å². The molecule has 0 amide bonds. The molecule has 0 spiro atoms. The average molecular weight is 261 g/mol. The maximum Gasteiger partial charge on any atom is 0.310 e. The number of hydrogen-bond donors (Lipinski definition) is 0. The van der Waals surface area contributed by atoms with E-state index in [1.807, 2.05) is 13.0 Å². The van der Waals surface area contributed by atoms with E-state index in [-0.39, 0.29) is 11.9 Å². The van der Waals surface area contributed by atoms with Gasteiger partial charge in [0.25, 0.3) is 0 Å². The Morgan fingerprint density at radius 3 is 2.89 bits per heavy atom. The molecule has 0 aliphatic carbocycles.